The maximum Gasteiger partial charge on any atom is 0.0728 e. The summed E-state index contributed by atoms with van der Waals surface area (Å²) in [6, 6.07) is 8.62. The highest BCUT2D eigenvalue weighted by atomic mass is 79.9. The SMILES string of the molecule is CN1CCN(CC(c2cccc(Br)c2)C2(O)CCC(C(C)(C)C)CC2)CC1.Cl.Cl. The van der Waals surface area contributed by atoms with Gasteiger partial charge in [0.05, 0.1) is 5.60 Å². The van der Waals surface area contributed by atoms with Crippen LogP contribution in [0.2, 0.25) is 0 Å². The Balaban J connectivity index is 0.00000210. The van der Waals surface area contributed by atoms with Crippen molar-refractivity contribution < 1.29 is 5.11 Å². The van der Waals surface area contributed by atoms with Crippen LogP contribution in [0.15, 0.2) is 28.7 Å². The van der Waals surface area contributed by atoms with Crippen molar-refractivity contribution in [1.29, 1.82) is 0 Å². The molecule has 0 radical (unpaired) electrons. The van der Waals surface area contributed by atoms with E-state index >= 15 is 0 Å². The van der Waals surface area contributed by atoms with Crippen LogP contribution < -0.4 is 0 Å². The first kappa shape index (κ1) is 27.2. The Morgan fingerprint density at radius 2 is 1.69 bits per heavy atom. The standard InChI is InChI=1S/C23H37BrN2O.2ClH/c1-22(2,3)19-8-10-23(27,11-9-19)21(18-6-5-7-20(24)16-18)17-26-14-12-25(4)13-15-26;;/h5-7,16,19,21,27H,8-15,17H2,1-4H3;2*1H. The maximum atomic E-state index is 11.8. The molecule has 1 saturated heterocycles. The van der Waals surface area contributed by atoms with Crippen molar-refractivity contribution in [3.05, 3.63) is 34.3 Å². The molecule has 1 N–H and O–H groups in total. The first-order valence-electron chi connectivity index (χ1n) is 10.6. The fourth-order valence-corrected chi connectivity index (χ4v) is 5.35. The molecular weight excluding hydrogens is 471 g/mol. The van der Waals surface area contributed by atoms with Gasteiger partial charge in [0, 0.05) is 43.1 Å². The second-order valence-corrected chi connectivity index (χ2v) is 10.9. The molecule has 1 saturated carbocycles. The molecular formula is C23H39BrCl2N2O. The fraction of sp³-hybridized carbons (Fsp3) is 0.739. The van der Waals surface area contributed by atoms with Gasteiger partial charge in [-0.2, -0.15) is 0 Å². The van der Waals surface area contributed by atoms with Crippen molar-refractivity contribution in [2.24, 2.45) is 11.3 Å². The lowest BCUT2D eigenvalue weighted by molar-refractivity contribution is -0.0552. The number of piperazine rings is 1. The largest absolute Gasteiger partial charge is 0.389 e. The lowest BCUT2D eigenvalue weighted by Crippen LogP contribution is -2.50. The van der Waals surface area contributed by atoms with Crippen LogP contribution in [-0.2, 0) is 0 Å². The molecule has 2 aliphatic rings. The van der Waals surface area contributed by atoms with Gasteiger partial charge in [-0.15, -0.1) is 24.8 Å². The van der Waals surface area contributed by atoms with Crippen LogP contribution in [0.25, 0.3) is 0 Å². The van der Waals surface area contributed by atoms with E-state index in [1.165, 1.54) is 5.56 Å². The summed E-state index contributed by atoms with van der Waals surface area (Å²) in [4.78, 5) is 4.95. The summed E-state index contributed by atoms with van der Waals surface area (Å²) >= 11 is 3.64. The number of halogens is 3. The molecule has 1 atom stereocenters. The van der Waals surface area contributed by atoms with E-state index in [0.717, 1.165) is 62.9 Å². The molecule has 6 heteroatoms. The molecule has 0 aromatic heterocycles. The van der Waals surface area contributed by atoms with Gasteiger partial charge < -0.3 is 14.9 Å². The summed E-state index contributed by atoms with van der Waals surface area (Å²) in [5, 5.41) is 11.8. The van der Waals surface area contributed by atoms with Crippen molar-refractivity contribution in [3.63, 3.8) is 0 Å². The van der Waals surface area contributed by atoms with Gasteiger partial charge in [-0.05, 0) is 61.8 Å². The molecule has 3 rings (SSSR count). The van der Waals surface area contributed by atoms with Gasteiger partial charge in [0.25, 0.3) is 0 Å². The molecule has 3 nitrogen and oxygen atoms in total. The summed E-state index contributed by atoms with van der Waals surface area (Å²) in [5.41, 5.74) is 1.02. The zero-order chi connectivity index (χ0) is 19.7. The highest BCUT2D eigenvalue weighted by Crippen LogP contribution is 2.47. The van der Waals surface area contributed by atoms with Crippen LogP contribution in [0.4, 0.5) is 0 Å². The Morgan fingerprint density at radius 3 is 2.21 bits per heavy atom. The van der Waals surface area contributed by atoms with E-state index < -0.39 is 5.60 Å². The topological polar surface area (TPSA) is 26.7 Å². The minimum Gasteiger partial charge on any atom is -0.389 e. The Morgan fingerprint density at radius 1 is 1.10 bits per heavy atom. The van der Waals surface area contributed by atoms with Crippen LogP contribution >= 0.6 is 40.7 Å². The van der Waals surface area contributed by atoms with Gasteiger partial charge in [-0.1, -0.05) is 48.8 Å². The molecule has 1 aromatic carbocycles. The van der Waals surface area contributed by atoms with Gasteiger partial charge in [-0.3, -0.25) is 0 Å². The van der Waals surface area contributed by atoms with Crippen molar-refractivity contribution in [1.82, 2.24) is 9.80 Å². The molecule has 1 aliphatic carbocycles. The third kappa shape index (κ3) is 7.08. The molecule has 0 spiro atoms. The number of benzene rings is 1. The minimum absolute atomic E-state index is 0. The predicted octanol–water partition coefficient (Wildman–Crippen LogP) is 5.59. The summed E-state index contributed by atoms with van der Waals surface area (Å²) in [6.45, 7) is 12.4. The van der Waals surface area contributed by atoms with E-state index in [4.69, 9.17) is 0 Å². The number of aliphatic hydroxyl groups is 1. The molecule has 0 amide bonds. The number of likely N-dealkylation sites (N-methyl/N-ethyl adjacent to an activating group) is 1. The smallest absolute Gasteiger partial charge is 0.0728 e. The average molecular weight is 510 g/mol. The zero-order valence-corrected chi connectivity index (χ0v) is 21.6. The highest BCUT2D eigenvalue weighted by Gasteiger charge is 2.43. The molecule has 0 bridgehead atoms. The Labute approximate surface area is 198 Å². The quantitative estimate of drug-likeness (QED) is 0.572. The van der Waals surface area contributed by atoms with Crippen molar-refractivity contribution in [2.45, 2.75) is 58.0 Å². The van der Waals surface area contributed by atoms with Crippen LogP contribution in [0.1, 0.15) is 57.9 Å². The lowest BCUT2D eigenvalue weighted by atomic mass is 9.64. The summed E-state index contributed by atoms with van der Waals surface area (Å²) in [7, 11) is 2.20. The number of hydrogen-bond donors (Lipinski definition) is 1. The highest BCUT2D eigenvalue weighted by molar-refractivity contribution is 9.10. The Hall–Kier alpha value is 0.160. The molecule has 1 aliphatic heterocycles. The maximum absolute atomic E-state index is 11.8. The summed E-state index contributed by atoms with van der Waals surface area (Å²) < 4.78 is 1.11. The van der Waals surface area contributed by atoms with E-state index in [-0.39, 0.29) is 30.7 Å². The fourth-order valence-electron chi connectivity index (χ4n) is 4.93. The van der Waals surface area contributed by atoms with Crippen molar-refractivity contribution in [2.75, 3.05) is 39.8 Å². The van der Waals surface area contributed by atoms with Crippen LogP contribution in [0.5, 0.6) is 0 Å². The lowest BCUT2D eigenvalue weighted by Gasteiger charge is -2.47. The Bertz CT molecular complexity index is 622. The van der Waals surface area contributed by atoms with Crippen LogP contribution in [0.3, 0.4) is 0 Å². The van der Waals surface area contributed by atoms with Gasteiger partial charge >= 0.3 is 0 Å². The zero-order valence-electron chi connectivity index (χ0n) is 18.4. The third-order valence-electron chi connectivity index (χ3n) is 7.01. The minimum atomic E-state index is -0.591. The van der Waals surface area contributed by atoms with Gasteiger partial charge in [-0.25, -0.2) is 0 Å². The number of hydrogen-bond acceptors (Lipinski definition) is 3. The number of nitrogens with zero attached hydrogens (tertiary/aromatic N) is 2. The van der Waals surface area contributed by atoms with Gasteiger partial charge in [0.1, 0.15) is 0 Å². The van der Waals surface area contributed by atoms with E-state index in [1.807, 2.05) is 0 Å². The summed E-state index contributed by atoms with van der Waals surface area (Å²) in [6.07, 6.45) is 4.10. The second kappa shape index (κ2) is 11.2. The summed E-state index contributed by atoms with van der Waals surface area (Å²) in [5.74, 6) is 0.892. The molecule has 168 valence electrons. The van der Waals surface area contributed by atoms with Crippen molar-refractivity contribution in [3.8, 4) is 0 Å². The molecule has 1 aromatic rings. The molecule has 1 heterocycles. The monoisotopic (exact) mass is 508 g/mol. The van der Waals surface area contributed by atoms with Crippen LogP contribution in [0, 0.1) is 11.3 Å². The van der Waals surface area contributed by atoms with E-state index in [0.29, 0.717) is 11.3 Å². The van der Waals surface area contributed by atoms with E-state index in [1.54, 1.807) is 0 Å². The predicted molar refractivity (Wildman–Crippen MR) is 132 cm³/mol. The molecule has 2 fully saturated rings. The van der Waals surface area contributed by atoms with Crippen molar-refractivity contribution >= 4 is 40.7 Å². The average Bonchev–Trinajstić information content (AvgIpc) is 2.60. The van der Waals surface area contributed by atoms with Gasteiger partial charge in [0.2, 0.25) is 0 Å². The second-order valence-electron chi connectivity index (χ2n) is 9.96. The third-order valence-corrected chi connectivity index (χ3v) is 7.51. The first-order chi connectivity index (χ1) is 12.7. The van der Waals surface area contributed by atoms with E-state index in [2.05, 4.69) is 77.8 Å². The normalized spacial score (nSPS) is 27.6. The first-order valence-corrected chi connectivity index (χ1v) is 11.4. The number of rotatable bonds is 4. The van der Waals surface area contributed by atoms with Crippen LogP contribution in [-0.4, -0.2) is 60.3 Å². The molecule has 1 unspecified atom stereocenters. The Kier molecular flexibility index (Phi) is 10.5. The van der Waals surface area contributed by atoms with E-state index in [9.17, 15) is 5.11 Å². The molecule has 29 heavy (non-hydrogen) atoms. The van der Waals surface area contributed by atoms with Gasteiger partial charge in [0.15, 0.2) is 0 Å².